The maximum atomic E-state index is 12.4. The van der Waals surface area contributed by atoms with E-state index in [2.05, 4.69) is 5.32 Å². The van der Waals surface area contributed by atoms with Crippen LogP contribution in [-0.4, -0.2) is 28.8 Å². The number of hydrogen-bond donors (Lipinski definition) is 2. The number of carboxylic acid groups (broad SMARTS) is 1. The quantitative estimate of drug-likeness (QED) is 0.875. The van der Waals surface area contributed by atoms with Gasteiger partial charge in [0.25, 0.3) is 0 Å². The lowest BCUT2D eigenvalue weighted by Crippen LogP contribution is -2.46. The summed E-state index contributed by atoms with van der Waals surface area (Å²) in [5.41, 5.74) is 1.00. The fraction of sp³-hybridized carbons (Fsp3) is 0.467. The van der Waals surface area contributed by atoms with Crippen LogP contribution >= 0.6 is 11.8 Å². The Balaban J connectivity index is 2.11. The molecule has 20 heavy (non-hydrogen) atoms. The van der Waals surface area contributed by atoms with Crippen molar-refractivity contribution in [3.63, 3.8) is 0 Å². The Bertz CT molecular complexity index is 518. The lowest BCUT2D eigenvalue weighted by atomic mass is 9.96. The first-order valence-corrected chi connectivity index (χ1v) is 7.78. The highest BCUT2D eigenvalue weighted by Gasteiger charge is 2.33. The molecule has 0 saturated heterocycles. The van der Waals surface area contributed by atoms with Crippen molar-refractivity contribution in [2.75, 3.05) is 5.75 Å². The number of rotatable bonds is 5. The third-order valence-electron chi connectivity index (χ3n) is 3.79. The van der Waals surface area contributed by atoms with Crippen molar-refractivity contribution in [1.29, 1.82) is 0 Å². The minimum atomic E-state index is -0.966. The van der Waals surface area contributed by atoms with Crippen molar-refractivity contribution in [1.82, 2.24) is 5.32 Å². The fourth-order valence-corrected chi connectivity index (χ4v) is 3.55. The van der Waals surface area contributed by atoms with Crippen LogP contribution in [0, 0.1) is 5.92 Å². The number of carbonyl (C=O) groups is 2. The standard InChI is InChI=1S/C15H19NO3S/c1-3-9(2)13(15(18)19)16-14(17)11-8-20-12-7-5-4-6-10(11)12/h4-7,9,11,13H,3,8H2,1-2H3,(H,16,17)(H,18,19)/t9-,11?,13-/m0/s1. The summed E-state index contributed by atoms with van der Waals surface area (Å²) in [5, 5.41) is 11.9. The maximum Gasteiger partial charge on any atom is 0.326 e. The lowest BCUT2D eigenvalue weighted by molar-refractivity contribution is -0.143. The van der Waals surface area contributed by atoms with Crippen LogP contribution in [0.25, 0.3) is 0 Å². The van der Waals surface area contributed by atoms with Crippen LogP contribution in [0.4, 0.5) is 0 Å². The number of nitrogens with one attached hydrogen (secondary N) is 1. The molecule has 0 bridgehead atoms. The summed E-state index contributed by atoms with van der Waals surface area (Å²) >= 11 is 1.65. The topological polar surface area (TPSA) is 66.4 Å². The zero-order valence-electron chi connectivity index (χ0n) is 11.6. The van der Waals surface area contributed by atoms with Gasteiger partial charge in [-0.25, -0.2) is 4.79 Å². The summed E-state index contributed by atoms with van der Waals surface area (Å²) in [6, 6.07) is 6.99. The summed E-state index contributed by atoms with van der Waals surface area (Å²) in [6.07, 6.45) is 0.716. The lowest BCUT2D eigenvalue weighted by Gasteiger charge is -2.22. The van der Waals surface area contributed by atoms with Gasteiger partial charge in [0, 0.05) is 10.6 Å². The predicted octanol–water partition coefficient (Wildman–Crippen LogP) is 2.49. The first-order chi connectivity index (χ1) is 9.54. The van der Waals surface area contributed by atoms with E-state index in [-0.39, 0.29) is 17.7 Å². The van der Waals surface area contributed by atoms with Gasteiger partial charge >= 0.3 is 5.97 Å². The van der Waals surface area contributed by atoms with Gasteiger partial charge < -0.3 is 10.4 Å². The molecule has 1 aliphatic rings. The van der Waals surface area contributed by atoms with Gasteiger partial charge in [0.15, 0.2) is 0 Å². The molecular formula is C15H19NO3S. The number of benzene rings is 1. The molecule has 1 aliphatic heterocycles. The van der Waals surface area contributed by atoms with E-state index in [9.17, 15) is 14.7 Å². The van der Waals surface area contributed by atoms with E-state index in [1.54, 1.807) is 11.8 Å². The van der Waals surface area contributed by atoms with Crippen LogP contribution in [-0.2, 0) is 9.59 Å². The molecule has 108 valence electrons. The number of carbonyl (C=O) groups excluding carboxylic acids is 1. The van der Waals surface area contributed by atoms with E-state index in [4.69, 9.17) is 0 Å². The molecule has 0 fully saturated rings. The molecule has 1 aromatic carbocycles. The van der Waals surface area contributed by atoms with Gasteiger partial charge in [-0.2, -0.15) is 0 Å². The fourth-order valence-electron chi connectivity index (χ4n) is 2.32. The average molecular weight is 293 g/mol. The first-order valence-electron chi connectivity index (χ1n) is 6.79. The molecule has 3 atom stereocenters. The normalized spacial score (nSPS) is 20.0. The number of fused-ring (bicyclic) bond motifs is 1. The van der Waals surface area contributed by atoms with Gasteiger partial charge in [0.05, 0.1) is 5.92 Å². The Hall–Kier alpha value is -1.49. The Morgan fingerprint density at radius 1 is 1.45 bits per heavy atom. The van der Waals surface area contributed by atoms with E-state index >= 15 is 0 Å². The van der Waals surface area contributed by atoms with Crippen molar-refractivity contribution in [3.8, 4) is 0 Å². The molecule has 0 saturated carbocycles. The number of aliphatic carboxylic acids is 1. The van der Waals surface area contributed by atoms with E-state index in [1.165, 1.54) is 0 Å². The Kier molecular flexibility index (Phi) is 4.70. The number of amides is 1. The van der Waals surface area contributed by atoms with Gasteiger partial charge in [-0.3, -0.25) is 4.79 Å². The Morgan fingerprint density at radius 3 is 2.80 bits per heavy atom. The highest BCUT2D eigenvalue weighted by Crippen LogP contribution is 2.39. The molecule has 5 heteroatoms. The van der Waals surface area contributed by atoms with Crippen molar-refractivity contribution in [2.24, 2.45) is 5.92 Å². The van der Waals surface area contributed by atoms with Crippen LogP contribution in [0.5, 0.6) is 0 Å². The van der Waals surface area contributed by atoms with E-state index < -0.39 is 12.0 Å². The summed E-state index contributed by atoms with van der Waals surface area (Å²) in [7, 11) is 0. The van der Waals surface area contributed by atoms with Crippen LogP contribution in [0.15, 0.2) is 29.2 Å². The minimum absolute atomic E-state index is 0.0826. The van der Waals surface area contributed by atoms with Gasteiger partial charge in [-0.15, -0.1) is 11.8 Å². The molecule has 1 amide bonds. The molecule has 0 aromatic heterocycles. The molecule has 2 rings (SSSR count). The molecule has 0 aliphatic carbocycles. The number of carboxylic acids is 1. The molecule has 1 heterocycles. The predicted molar refractivity (Wildman–Crippen MR) is 78.9 cm³/mol. The van der Waals surface area contributed by atoms with Gasteiger partial charge in [0.1, 0.15) is 6.04 Å². The highest BCUT2D eigenvalue weighted by atomic mass is 32.2. The SMILES string of the molecule is CC[C@H](C)[C@H](NC(=O)C1CSc2ccccc21)C(=O)O. The van der Waals surface area contributed by atoms with Crippen LogP contribution in [0.2, 0.25) is 0 Å². The average Bonchev–Trinajstić information content (AvgIpc) is 2.87. The smallest absolute Gasteiger partial charge is 0.326 e. The molecule has 0 spiro atoms. The molecule has 1 unspecified atom stereocenters. The van der Waals surface area contributed by atoms with Gasteiger partial charge in [-0.05, 0) is 17.5 Å². The summed E-state index contributed by atoms with van der Waals surface area (Å²) in [6.45, 7) is 3.77. The maximum absolute atomic E-state index is 12.4. The van der Waals surface area contributed by atoms with Crippen LogP contribution in [0.1, 0.15) is 31.7 Å². The van der Waals surface area contributed by atoms with Crippen LogP contribution in [0.3, 0.4) is 0 Å². The first kappa shape index (κ1) is 14.9. The minimum Gasteiger partial charge on any atom is -0.480 e. The van der Waals surface area contributed by atoms with Gasteiger partial charge in [0.2, 0.25) is 5.91 Å². The third kappa shape index (κ3) is 2.98. The van der Waals surface area contributed by atoms with E-state index in [0.717, 1.165) is 10.5 Å². The molecular weight excluding hydrogens is 274 g/mol. The Labute approximate surface area is 123 Å². The highest BCUT2D eigenvalue weighted by molar-refractivity contribution is 7.99. The second-order valence-corrected chi connectivity index (χ2v) is 6.17. The largest absolute Gasteiger partial charge is 0.480 e. The molecule has 4 nitrogen and oxygen atoms in total. The van der Waals surface area contributed by atoms with E-state index in [0.29, 0.717) is 12.2 Å². The molecule has 1 aromatic rings. The summed E-state index contributed by atoms with van der Waals surface area (Å²) in [4.78, 5) is 24.7. The van der Waals surface area contributed by atoms with Crippen molar-refractivity contribution in [3.05, 3.63) is 29.8 Å². The van der Waals surface area contributed by atoms with Gasteiger partial charge in [-0.1, -0.05) is 38.5 Å². The number of thioether (sulfide) groups is 1. The zero-order chi connectivity index (χ0) is 14.7. The van der Waals surface area contributed by atoms with Crippen molar-refractivity contribution in [2.45, 2.75) is 37.1 Å². The zero-order valence-corrected chi connectivity index (χ0v) is 12.4. The molecule has 0 radical (unpaired) electrons. The summed E-state index contributed by atoms with van der Waals surface area (Å²) in [5.74, 6) is -0.803. The summed E-state index contributed by atoms with van der Waals surface area (Å²) < 4.78 is 0. The van der Waals surface area contributed by atoms with Crippen LogP contribution < -0.4 is 5.32 Å². The van der Waals surface area contributed by atoms with Crippen molar-refractivity contribution < 1.29 is 14.7 Å². The molecule has 2 N–H and O–H groups in total. The monoisotopic (exact) mass is 293 g/mol. The second kappa shape index (κ2) is 6.31. The van der Waals surface area contributed by atoms with Crippen molar-refractivity contribution >= 4 is 23.6 Å². The van der Waals surface area contributed by atoms with E-state index in [1.807, 2.05) is 38.1 Å². The third-order valence-corrected chi connectivity index (χ3v) is 4.98. The number of hydrogen-bond acceptors (Lipinski definition) is 3. The Morgan fingerprint density at radius 2 is 2.15 bits per heavy atom. The second-order valence-electron chi connectivity index (χ2n) is 5.11.